The largest absolute Gasteiger partial charge is 0.434 e. The summed E-state index contributed by atoms with van der Waals surface area (Å²) in [5.74, 6) is -0.353. The minimum Gasteiger partial charge on any atom is -0.434 e. The Morgan fingerprint density at radius 1 is 1.19 bits per heavy atom. The summed E-state index contributed by atoms with van der Waals surface area (Å²) in [6.45, 7) is 1.52. The minimum atomic E-state index is -0.715. The molecule has 0 atom stereocenters. The summed E-state index contributed by atoms with van der Waals surface area (Å²) in [4.78, 5) is 27.5. The zero-order valence-corrected chi connectivity index (χ0v) is 10.7. The number of hydrogen-bond donors (Lipinski definition) is 1. The first-order valence-corrected chi connectivity index (χ1v) is 5.58. The third kappa shape index (κ3) is 3.00. The minimum absolute atomic E-state index is 0.0842. The van der Waals surface area contributed by atoms with Gasteiger partial charge in [-0.15, -0.1) is 0 Å². The molecule has 0 spiro atoms. The van der Waals surface area contributed by atoms with Gasteiger partial charge in [0.2, 0.25) is 5.95 Å². The van der Waals surface area contributed by atoms with Crippen molar-refractivity contribution >= 4 is 17.3 Å². The summed E-state index contributed by atoms with van der Waals surface area (Å²) >= 11 is 0. The van der Waals surface area contributed by atoms with Gasteiger partial charge in [0.05, 0.1) is 9.85 Å². The number of benzene rings is 1. The number of rotatable bonds is 4. The van der Waals surface area contributed by atoms with Gasteiger partial charge >= 0.3 is 11.6 Å². The highest BCUT2D eigenvalue weighted by Gasteiger charge is 2.20. The van der Waals surface area contributed by atoms with Crippen LogP contribution in [0.2, 0.25) is 0 Å². The summed E-state index contributed by atoms with van der Waals surface area (Å²) in [5.41, 5.74) is 5.17. The molecule has 1 aromatic carbocycles. The van der Waals surface area contributed by atoms with E-state index in [2.05, 4.69) is 9.97 Å². The molecule has 10 nitrogen and oxygen atoms in total. The molecule has 0 aliphatic rings. The summed E-state index contributed by atoms with van der Waals surface area (Å²) in [6, 6.07) is 3.92. The molecule has 21 heavy (non-hydrogen) atoms. The Morgan fingerprint density at radius 3 is 2.43 bits per heavy atom. The van der Waals surface area contributed by atoms with Crippen LogP contribution < -0.4 is 10.5 Å². The number of nitro groups is 2. The van der Waals surface area contributed by atoms with Crippen LogP contribution in [0.15, 0.2) is 24.4 Å². The van der Waals surface area contributed by atoms with Gasteiger partial charge in [-0.2, -0.15) is 4.98 Å². The SMILES string of the molecule is Cc1cc(Oc2nc(N)ncc2[N+](=O)[O-])ccc1[N+](=O)[O-]. The number of nitrogens with two attached hydrogens (primary N) is 1. The van der Waals surface area contributed by atoms with Gasteiger partial charge < -0.3 is 10.5 Å². The van der Waals surface area contributed by atoms with Crippen molar-refractivity contribution in [2.24, 2.45) is 0 Å². The van der Waals surface area contributed by atoms with E-state index < -0.39 is 15.5 Å². The standard InChI is InChI=1S/C11H9N5O5/c1-6-4-7(2-3-8(6)15(17)18)21-10-9(16(19)20)5-13-11(12)14-10/h2-5H,1H3,(H2,12,13,14). The number of nitrogens with zero attached hydrogens (tertiary/aromatic N) is 4. The normalized spacial score (nSPS) is 10.1. The van der Waals surface area contributed by atoms with Crippen molar-refractivity contribution in [3.63, 3.8) is 0 Å². The van der Waals surface area contributed by atoms with E-state index in [4.69, 9.17) is 10.5 Å². The molecule has 2 aromatic rings. The maximum atomic E-state index is 10.8. The molecule has 0 amide bonds. The molecule has 0 fully saturated rings. The van der Waals surface area contributed by atoms with Gasteiger partial charge in [0, 0.05) is 11.6 Å². The van der Waals surface area contributed by atoms with Crippen LogP contribution in [0, 0.1) is 27.2 Å². The van der Waals surface area contributed by atoms with Crippen molar-refractivity contribution in [2.75, 3.05) is 5.73 Å². The summed E-state index contributed by atoms with van der Waals surface area (Å²) in [6.07, 6.45) is 0.927. The third-order valence-electron chi connectivity index (χ3n) is 2.53. The highest BCUT2D eigenvalue weighted by Crippen LogP contribution is 2.31. The van der Waals surface area contributed by atoms with Gasteiger partial charge in [0.25, 0.3) is 5.69 Å². The smallest absolute Gasteiger partial charge is 0.349 e. The fraction of sp³-hybridized carbons (Fsp3) is 0.0909. The van der Waals surface area contributed by atoms with E-state index >= 15 is 0 Å². The van der Waals surface area contributed by atoms with Crippen molar-refractivity contribution < 1.29 is 14.6 Å². The maximum absolute atomic E-state index is 10.8. The number of nitro benzene ring substituents is 1. The van der Waals surface area contributed by atoms with E-state index in [1.54, 1.807) is 0 Å². The van der Waals surface area contributed by atoms with Crippen molar-refractivity contribution in [1.29, 1.82) is 0 Å². The number of ether oxygens (including phenoxy) is 1. The number of aromatic nitrogens is 2. The Labute approximate surface area is 117 Å². The molecule has 108 valence electrons. The molecular weight excluding hydrogens is 282 g/mol. The second-order valence-electron chi connectivity index (χ2n) is 3.98. The number of anilines is 1. The summed E-state index contributed by atoms with van der Waals surface area (Å²) in [7, 11) is 0. The molecule has 0 saturated carbocycles. The number of nitrogen functional groups attached to an aromatic ring is 1. The second kappa shape index (κ2) is 5.36. The van der Waals surface area contributed by atoms with E-state index in [9.17, 15) is 20.2 Å². The summed E-state index contributed by atoms with van der Waals surface area (Å²) in [5, 5.41) is 21.6. The average Bonchev–Trinajstić information content (AvgIpc) is 2.37. The van der Waals surface area contributed by atoms with Gasteiger partial charge in [-0.3, -0.25) is 20.2 Å². The summed E-state index contributed by atoms with van der Waals surface area (Å²) < 4.78 is 5.27. The van der Waals surface area contributed by atoms with Gasteiger partial charge in [0.1, 0.15) is 11.9 Å². The number of hydrogen-bond acceptors (Lipinski definition) is 8. The third-order valence-corrected chi connectivity index (χ3v) is 2.53. The molecule has 2 rings (SSSR count). The van der Waals surface area contributed by atoms with Gasteiger partial charge in [-0.1, -0.05) is 0 Å². The lowest BCUT2D eigenvalue weighted by Gasteiger charge is -2.06. The van der Waals surface area contributed by atoms with Crippen molar-refractivity contribution in [2.45, 2.75) is 6.92 Å². The molecule has 1 heterocycles. The van der Waals surface area contributed by atoms with E-state index in [0.717, 1.165) is 6.20 Å². The highest BCUT2D eigenvalue weighted by molar-refractivity contribution is 5.48. The zero-order chi connectivity index (χ0) is 15.6. The van der Waals surface area contributed by atoms with Crippen LogP contribution in [0.3, 0.4) is 0 Å². The lowest BCUT2D eigenvalue weighted by atomic mass is 10.2. The van der Waals surface area contributed by atoms with Gasteiger partial charge in [-0.25, -0.2) is 4.98 Å². The second-order valence-corrected chi connectivity index (χ2v) is 3.98. The van der Waals surface area contributed by atoms with Crippen molar-refractivity contribution in [3.05, 3.63) is 50.2 Å². The average molecular weight is 291 g/mol. The van der Waals surface area contributed by atoms with Crippen LogP contribution in [0.4, 0.5) is 17.3 Å². The van der Waals surface area contributed by atoms with E-state index in [-0.39, 0.29) is 23.3 Å². The Bertz CT molecular complexity index is 733. The van der Waals surface area contributed by atoms with Crippen LogP contribution >= 0.6 is 0 Å². The van der Waals surface area contributed by atoms with E-state index in [1.807, 2.05) is 0 Å². The first kappa shape index (κ1) is 14.1. The molecule has 10 heteroatoms. The Kier molecular flexibility index (Phi) is 3.61. The van der Waals surface area contributed by atoms with Crippen LogP contribution in [-0.4, -0.2) is 19.8 Å². The van der Waals surface area contributed by atoms with Crippen molar-refractivity contribution in [3.8, 4) is 11.6 Å². The zero-order valence-electron chi connectivity index (χ0n) is 10.7. The fourth-order valence-corrected chi connectivity index (χ4v) is 1.58. The number of aryl methyl sites for hydroxylation is 1. The Hall–Kier alpha value is -3.30. The Balaban J connectivity index is 2.38. The van der Waals surface area contributed by atoms with Crippen molar-refractivity contribution in [1.82, 2.24) is 9.97 Å². The van der Waals surface area contributed by atoms with E-state index in [1.165, 1.54) is 25.1 Å². The first-order valence-electron chi connectivity index (χ1n) is 5.58. The molecule has 0 bridgehead atoms. The molecule has 0 aliphatic heterocycles. The molecule has 0 aliphatic carbocycles. The highest BCUT2D eigenvalue weighted by atomic mass is 16.6. The van der Waals surface area contributed by atoms with Crippen LogP contribution in [0.5, 0.6) is 11.6 Å². The topological polar surface area (TPSA) is 147 Å². The quantitative estimate of drug-likeness (QED) is 0.663. The molecule has 0 unspecified atom stereocenters. The monoisotopic (exact) mass is 291 g/mol. The fourth-order valence-electron chi connectivity index (χ4n) is 1.58. The van der Waals surface area contributed by atoms with Crippen LogP contribution in [0.1, 0.15) is 5.56 Å². The predicted octanol–water partition coefficient (Wildman–Crippen LogP) is 1.98. The van der Waals surface area contributed by atoms with Gasteiger partial charge in [-0.05, 0) is 19.1 Å². The molecule has 1 aromatic heterocycles. The Morgan fingerprint density at radius 2 is 1.86 bits per heavy atom. The van der Waals surface area contributed by atoms with Gasteiger partial charge in [0.15, 0.2) is 0 Å². The van der Waals surface area contributed by atoms with Crippen LogP contribution in [0.25, 0.3) is 0 Å². The lowest BCUT2D eigenvalue weighted by molar-refractivity contribution is -0.386. The molecule has 0 radical (unpaired) electrons. The molecule has 2 N–H and O–H groups in total. The van der Waals surface area contributed by atoms with E-state index in [0.29, 0.717) is 5.56 Å². The maximum Gasteiger partial charge on any atom is 0.349 e. The first-order chi connectivity index (χ1) is 9.88. The molecular formula is C11H9N5O5. The molecule has 0 saturated heterocycles. The lowest BCUT2D eigenvalue weighted by Crippen LogP contribution is -2.01. The predicted molar refractivity (Wildman–Crippen MR) is 71.0 cm³/mol. The van der Waals surface area contributed by atoms with Crippen LogP contribution in [-0.2, 0) is 0 Å².